The van der Waals surface area contributed by atoms with Gasteiger partial charge in [0, 0.05) is 0 Å². The number of hydrogen-bond acceptors (Lipinski definition) is 3. The van der Waals surface area contributed by atoms with Crippen LogP contribution in [-0.4, -0.2) is 24.6 Å². The van der Waals surface area contributed by atoms with E-state index in [1.54, 1.807) is 0 Å². The summed E-state index contributed by atoms with van der Waals surface area (Å²) in [6, 6.07) is 0. The maximum Gasteiger partial charge on any atom is 0.468 e. The Morgan fingerprint density at radius 2 is 2.10 bits per heavy atom. The highest BCUT2D eigenvalue weighted by atomic mass is 19.4. The van der Waals surface area contributed by atoms with Crippen molar-refractivity contribution >= 4 is 11.9 Å². The molecule has 0 saturated heterocycles. The van der Waals surface area contributed by atoms with Crippen molar-refractivity contribution in [3.63, 3.8) is 0 Å². The zero-order chi connectivity index (χ0) is 7.78. The Morgan fingerprint density at radius 1 is 1.50 bits per heavy atom. The first-order valence-corrected chi connectivity index (χ1v) is 2.32. The molecule has 1 aliphatic rings. The van der Waals surface area contributed by atoms with Gasteiger partial charge in [0.05, 0.1) is 0 Å². The van der Waals surface area contributed by atoms with E-state index in [1.165, 1.54) is 0 Å². The van der Waals surface area contributed by atoms with Crippen molar-refractivity contribution in [1.82, 2.24) is 0 Å². The van der Waals surface area contributed by atoms with Crippen LogP contribution in [0.3, 0.4) is 0 Å². The largest absolute Gasteiger partial charge is 0.468 e. The second-order valence-corrected chi connectivity index (χ2v) is 1.59. The Labute approximate surface area is 53.5 Å². The monoisotopic (exact) mass is 153 g/mol. The van der Waals surface area contributed by atoms with E-state index in [1.807, 2.05) is 0 Å². The van der Waals surface area contributed by atoms with Crippen LogP contribution in [-0.2, 0) is 9.53 Å². The molecule has 1 heterocycles. The molecule has 0 aromatic rings. The van der Waals surface area contributed by atoms with Gasteiger partial charge in [-0.3, -0.25) is 0 Å². The van der Waals surface area contributed by atoms with E-state index >= 15 is 0 Å². The average Bonchev–Trinajstić information content (AvgIpc) is 2.11. The summed E-state index contributed by atoms with van der Waals surface area (Å²) in [6.45, 7) is -0.533. The van der Waals surface area contributed by atoms with Crippen LogP contribution in [0, 0.1) is 0 Å². The van der Waals surface area contributed by atoms with Gasteiger partial charge in [0.25, 0.3) is 0 Å². The molecule has 0 aromatic heterocycles. The number of ether oxygens (including phenoxy) is 1. The van der Waals surface area contributed by atoms with E-state index < -0.39 is 24.6 Å². The molecule has 0 saturated carbocycles. The average molecular weight is 153 g/mol. The number of hydrogen-bond donors (Lipinski definition) is 0. The molecule has 0 amide bonds. The first-order valence-electron chi connectivity index (χ1n) is 2.32. The number of esters is 1. The first kappa shape index (κ1) is 7.04. The summed E-state index contributed by atoms with van der Waals surface area (Å²) in [7, 11) is 0. The molecular formula is C4H2F3NO2. The lowest BCUT2D eigenvalue weighted by Gasteiger charge is -2.02. The third kappa shape index (κ3) is 1.26. The van der Waals surface area contributed by atoms with Crippen molar-refractivity contribution < 1.29 is 22.7 Å². The predicted molar refractivity (Wildman–Crippen MR) is 24.4 cm³/mol. The lowest BCUT2D eigenvalue weighted by molar-refractivity contribution is -0.136. The topological polar surface area (TPSA) is 38.7 Å². The van der Waals surface area contributed by atoms with Crippen LogP contribution in [0.25, 0.3) is 0 Å². The standard InChI is InChI=1S/C4H2F3NO2/c5-4(6,7)3-8-1-2(9)10-3/h1H2. The Morgan fingerprint density at radius 3 is 2.30 bits per heavy atom. The molecule has 0 N–H and O–H groups in total. The molecule has 3 nitrogen and oxygen atoms in total. The van der Waals surface area contributed by atoms with Crippen LogP contribution in [0.4, 0.5) is 13.2 Å². The highest BCUT2D eigenvalue weighted by Gasteiger charge is 2.42. The van der Waals surface area contributed by atoms with Crippen LogP contribution in [0.1, 0.15) is 0 Å². The summed E-state index contributed by atoms with van der Waals surface area (Å²) in [4.78, 5) is 12.9. The van der Waals surface area contributed by atoms with Crippen LogP contribution >= 0.6 is 0 Å². The smallest absolute Gasteiger partial charge is 0.401 e. The molecule has 10 heavy (non-hydrogen) atoms. The Kier molecular flexibility index (Phi) is 1.38. The maximum atomic E-state index is 11.5. The van der Waals surface area contributed by atoms with E-state index in [0.29, 0.717) is 0 Å². The van der Waals surface area contributed by atoms with Gasteiger partial charge in [-0.1, -0.05) is 0 Å². The van der Waals surface area contributed by atoms with Gasteiger partial charge in [-0.2, -0.15) is 13.2 Å². The van der Waals surface area contributed by atoms with E-state index in [9.17, 15) is 18.0 Å². The molecule has 0 aromatic carbocycles. The van der Waals surface area contributed by atoms with Gasteiger partial charge >= 0.3 is 18.0 Å². The summed E-state index contributed by atoms with van der Waals surface area (Å²) in [5, 5.41) is 0. The number of halogens is 3. The van der Waals surface area contributed by atoms with Crippen molar-refractivity contribution in [2.24, 2.45) is 4.99 Å². The quantitative estimate of drug-likeness (QED) is 0.475. The van der Waals surface area contributed by atoms with Crippen molar-refractivity contribution in [3.05, 3.63) is 0 Å². The van der Waals surface area contributed by atoms with Crippen molar-refractivity contribution in [2.75, 3.05) is 6.54 Å². The molecule has 0 unspecified atom stereocenters. The number of cyclic esters (lactones) is 1. The van der Waals surface area contributed by atoms with Gasteiger partial charge in [-0.05, 0) is 0 Å². The van der Waals surface area contributed by atoms with Gasteiger partial charge in [-0.15, -0.1) is 0 Å². The second-order valence-electron chi connectivity index (χ2n) is 1.59. The van der Waals surface area contributed by atoms with Crippen LogP contribution in [0.2, 0.25) is 0 Å². The normalized spacial score (nSPS) is 18.7. The molecule has 0 aliphatic carbocycles. The molecule has 0 spiro atoms. The summed E-state index contributed by atoms with van der Waals surface area (Å²) in [5.41, 5.74) is 0. The number of carbonyl (C=O) groups excluding carboxylic acids is 1. The van der Waals surface area contributed by atoms with Crippen LogP contribution < -0.4 is 0 Å². The van der Waals surface area contributed by atoms with E-state index in [-0.39, 0.29) is 0 Å². The summed E-state index contributed by atoms with van der Waals surface area (Å²) >= 11 is 0. The van der Waals surface area contributed by atoms with Gasteiger partial charge in [0.15, 0.2) is 0 Å². The second kappa shape index (κ2) is 1.96. The zero-order valence-corrected chi connectivity index (χ0v) is 4.60. The number of rotatable bonds is 0. The minimum Gasteiger partial charge on any atom is -0.401 e. The van der Waals surface area contributed by atoms with Crippen molar-refractivity contribution in [3.8, 4) is 0 Å². The molecule has 6 heteroatoms. The zero-order valence-electron chi connectivity index (χ0n) is 4.60. The molecular weight excluding hydrogens is 151 g/mol. The maximum absolute atomic E-state index is 11.5. The molecule has 1 rings (SSSR count). The van der Waals surface area contributed by atoms with Gasteiger partial charge in [0.2, 0.25) is 0 Å². The summed E-state index contributed by atoms with van der Waals surface area (Å²) in [5.74, 6) is -2.41. The fourth-order valence-electron chi connectivity index (χ4n) is 0.456. The summed E-state index contributed by atoms with van der Waals surface area (Å²) < 4.78 is 38.3. The molecule has 56 valence electrons. The highest BCUT2D eigenvalue weighted by Crippen LogP contribution is 2.20. The molecule has 0 fully saturated rings. The summed E-state index contributed by atoms with van der Waals surface area (Å²) in [6.07, 6.45) is -4.63. The molecule has 0 radical (unpaired) electrons. The van der Waals surface area contributed by atoms with Crippen LogP contribution in [0.15, 0.2) is 4.99 Å². The lowest BCUT2D eigenvalue weighted by atomic mass is 10.6. The van der Waals surface area contributed by atoms with E-state index in [0.717, 1.165) is 0 Å². The van der Waals surface area contributed by atoms with Crippen molar-refractivity contribution in [1.29, 1.82) is 0 Å². The van der Waals surface area contributed by atoms with Crippen LogP contribution in [0.5, 0.6) is 0 Å². The Hall–Kier alpha value is -1.07. The Bertz CT molecular complexity index is 195. The van der Waals surface area contributed by atoms with Crippen molar-refractivity contribution in [2.45, 2.75) is 6.18 Å². The van der Waals surface area contributed by atoms with Gasteiger partial charge in [0.1, 0.15) is 6.54 Å². The fraction of sp³-hybridized carbons (Fsp3) is 0.500. The molecule has 1 aliphatic heterocycles. The number of alkyl halides is 3. The third-order valence-corrected chi connectivity index (χ3v) is 0.805. The first-order chi connectivity index (χ1) is 4.50. The fourth-order valence-corrected chi connectivity index (χ4v) is 0.456. The number of aliphatic imine (C=N–C) groups is 1. The number of carbonyl (C=O) groups is 1. The van der Waals surface area contributed by atoms with E-state index in [4.69, 9.17) is 0 Å². The Balaban J connectivity index is 2.69. The predicted octanol–water partition coefficient (Wildman–Crippen LogP) is 0.504. The minimum absolute atomic E-state index is 0.533. The minimum atomic E-state index is -4.63. The van der Waals surface area contributed by atoms with E-state index in [2.05, 4.69) is 9.73 Å². The SMILES string of the molecule is O=C1CN=C(C(F)(F)F)O1. The molecule has 0 atom stereocenters. The number of nitrogens with zero attached hydrogens (tertiary/aromatic N) is 1. The highest BCUT2D eigenvalue weighted by molar-refractivity contribution is 5.97. The van der Waals surface area contributed by atoms with Gasteiger partial charge < -0.3 is 4.74 Å². The lowest BCUT2D eigenvalue weighted by Crippen LogP contribution is -2.23. The molecule has 0 bridgehead atoms. The third-order valence-electron chi connectivity index (χ3n) is 0.805. The van der Waals surface area contributed by atoms with Gasteiger partial charge in [-0.25, -0.2) is 9.79 Å².